The second-order valence-corrected chi connectivity index (χ2v) is 10.1. The molecule has 1 heterocycles. The lowest BCUT2D eigenvalue weighted by Crippen LogP contribution is -2.37. The van der Waals surface area contributed by atoms with Crippen molar-refractivity contribution in [2.24, 2.45) is 0 Å². The van der Waals surface area contributed by atoms with E-state index in [1.165, 1.54) is 8.87 Å². The molecule has 8 heteroatoms. The molecule has 0 saturated carbocycles. The molecule has 1 unspecified atom stereocenters. The Morgan fingerprint density at radius 3 is 2.33 bits per heavy atom. The van der Waals surface area contributed by atoms with Crippen molar-refractivity contribution in [3.8, 4) is 5.69 Å². The van der Waals surface area contributed by atoms with E-state index in [2.05, 4.69) is 0 Å². The maximum atomic E-state index is 13.6. The number of sulfonamides is 1. The van der Waals surface area contributed by atoms with E-state index in [1.807, 2.05) is 31.2 Å². The van der Waals surface area contributed by atoms with Crippen molar-refractivity contribution in [2.45, 2.75) is 31.7 Å². The van der Waals surface area contributed by atoms with Gasteiger partial charge >= 0.3 is 0 Å². The fraction of sp³-hybridized carbons (Fsp3) is 0.200. The van der Waals surface area contributed by atoms with Crippen LogP contribution in [0.4, 0.5) is 0 Å². The van der Waals surface area contributed by atoms with Gasteiger partial charge in [-0.25, -0.2) is 13.4 Å². The van der Waals surface area contributed by atoms with Crippen molar-refractivity contribution in [3.05, 3.63) is 99.6 Å². The first kappa shape index (κ1) is 23.2. The van der Waals surface area contributed by atoms with Crippen LogP contribution < -0.4 is 5.56 Å². The number of halogens is 1. The van der Waals surface area contributed by atoms with Crippen LogP contribution in [0.25, 0.3) is 16.6 Å². The van der Waals surface area contributed by atoms with Gasteiger partial charge < -0.3 is 0 Å². The van der Waals surface area contributed by atoms with Gasteiger partial charge in [0.2, 0.25) is 10.0 Å². The summed E-state index contributed by atoms with van der Waals surface area (Å²) in [6.45, 7) is 5.67. The second-order valence-electron chi connectivity index (χ2n) is 7.80. The van der Waals surface area contributed by atoms with Gasteiger partial charge in [0.1, 0.15) is 5.82 Å². The van der Waals surface area contributed by atoms with Gasteiger partial charge in [-0.3, -0.25) is 9.36 Å². The molecule has 0 amide bonds. The highest BCUT2D eigenvalue weighted by Gasteiger charge is 2.32. The molecule has 0 N–H and O–H groups in total. The Morgan fingerprint density at radius 2 is 1.70 bits per heavy atom. The summed E-state index contributed by atoms with van der Waals surface area (Å²) in [4.78, 5) is 18.5. The molecule has 0 fully saturated rings. The zero-order valence-corrected chi connectivity index (χ0v) is 20.1. The fourth-order valence-electron chi connectivity index (χ4n) is 3.91. The number of nitrogens with zero attached hydrogens (tertiary/aromatic N) is 3. The van der Waals surface area contributed by atoms with Crippen LogP contribution in [-0.2, 0) is 10.0 Å². The Bertz CT molecular complexity index is 1470. The van der Waals surface area contributed by atoms with E-state index < -0.39 is 16.1 Å². The van der Waals surface area contributed by atoms with E-state index in [4.69, 9.17) is 16.6 Å². The summed E-state index contributed by atoms with van der Waals surface area (Å²) < 4.78 is 29.8. The monoisotopic (exact) mass is 481 g/mol. The zero-order valence-electron chi connectivity index (χ0n) is 18.6. The Balaban J connectivity index is 1.97. The standard InChI is InChI=1S/C25H24ClN3O3S/c1-4-28(33(31,32)21-8-6-5-7-9-21)18(3)24-27-23-16-19(26)12-15-22(23)25(30)29(24)20-13-10-17(2)11-14-20/h5-16,18H,4H2,1-3H3. The van der Waals surface area contributed by atoms with Crippen LogP contribution >= 0.6 is 11.6 Å². The van der Waals surface area contributed by atoms with Crippen molar-refractivity contribution in [3.63, 3.8) is 0 Å². The lowest BCUT2D eigenvalue weighted by molar-refractivity contribution is 0.340. The average Bonchev–Trinajstić information content (AvgIpc) is 2.80. The van der Waals surface area contributed by atoms with Gasteiger partial charge in [0.25, 0.3) is 5.56 Å². The predicted molar refractivity (Wildman–Crippen MR) is 132 cm³/mol. The van der Waals surface area contributed by atoms with Crippen molar-refractivity contribution < 1.29 is 8.42 Å². The highest BCUT2D eigenvalue weighted by atomic mass is 35.5. The third-order valence-electron chi connectivity index (χ3n) is 5.62. The molecule has 0 aliphatic rings. The summed E-state index contributed by atoms with van der Waals surface area (Å²) in [5.41, 5.74) is 1.80. The molecule has 0 aliphatic carbocycles. The average molecular weight is 482 g/mol. The van der Waals surface area contributed by atoms with Gasteiger partial charge in [-0.05, 0) is 56.3 Å². The molecule has 6 nitrogen and oxygen atoms in total. The number of aromatic nitrogens is 2. The first-order valence-corrected chi connectivity index (χ1v) is 12.4. The Labute approximate surface area is 198 Å². The third-order valence-corrected chi connectivity index (χ3v) is 7.91. The van der Waals surface area contributed by atoms with E-state index in [-0.39, 0.29) is 17.0 Å². The molecular weight excluding hydrogens is 458 g/mol. The lowest BCUT2D eigenvalue weighted by atomic mass is 10.2. The summed E-state index contributed by atoms with van der Waals surface area (Å²) in [5, 5.41) is 0.857. The molecule has 0 bridgehead atoms. The van der Waals surface area contributed by atoms with Crippen LogP contribution in [0.15, 0.2) is 82.5 Å². The normalized spacial score (nSPS) is 12.9. The lowest BCUT2D eigenvalue weighted by Gasteiger charge is -2.28. The van der Waals surface area contributed by atoms with Crippen LogP contribution in [0.3, 0.4) is 0 Å². The Kier molecular flexibility index (Phi) is 6.38. The van der Waals surface area contributed by atoms with Gasteiger partial charge in [0.15, 0.2) is 0 Å². The highest BCUT2D eigenvalue weighted by Crippen LogP contribution is 2.28. The van der Waals surface area contributed by atoms with Crippen LogP contribution in [0, 0.1) is 6.92 Å². The summed E-state index contributed by atoms with van der Waals surface area (Å²) in [6.07, 6.45) is 0. The van der Waals surface area contributed by atoms with Crippen molar-refractivity contribution >= 4 is 32.5 Å². The molecule has 0 saturated heterocycles. The number of rotatable bonds is 6. The Morgan fingerprint density at radius 1 is 1.03 bits per heavy atom. The molecule has 0 radical (unpaired) electrons. The maximum Gasteiger partial charge on any atom is 0.266 e. The van der Waals surface area contributed by atoms with Gasteiger partial charge in [-0.15, -0.1) is 0 Å². The van der Waals surface area contributed by atoms with Crippen LogP contribution in [0.2, 0.25) is 5.02 Å². The molecule has 0 aliphatic heterocycles. The van der Waals surface area contributed by atoms with Gasteiger partial charge in [-0.1, -0.05) is 54.4 Å². The van der Waals surface area contributed by atoms with Crippen LogP contribution in [0.1, 0.15) is 31.3 Å². The van der Waals surface area contributed by atoms with Crippen LogP contribution in [0.5, 0.6) is 0 Å². The third kappa shape index (κ3) is 4.31. The van der Waals surface area contributed by atoms with Gasteiger partial charge in [0.05, 0.1) is 27.5 Å². The number of benzene rings is 3. The largest absolute Gasteiger partial charge is 0.268 e. The van der Waals surface area contributed by atoms with Crippen LogP contribution in [-0.4, -0.2) is 28.8 Å². The maximum absolute atomic E-state index is 13.6. The molecule has 1 atom stereocenters. The molecular formula is C25H24ClN3O3S. The SMILES string of the molecule is CCN(C(C)c1nc2cc(Cl)ccc2c(=O)n1-c1ccc(C)cc1)S(=O)(=O)c1ccccc1. The van der Waals surface area contributed by atoms with Gasteiger partial charge in [0, 0.05) is 11.6 Å². The van der Waals surface area contributed by atoms with E-state index >= 15 is 0 Å². The number of hydrogen-bond donors (Lipinski definition) is 0. The molecule has 170 valence electrons. The minimum Gasteiger partial charge on any atom is -0.268 e. The number of aryl methyl sites for hydroxylation is 1. The quantitative estimate of drug-likeness (QED) is 0.383. The highest BCUT2D eigenvalue weighted by molar-refractivity contribution is 7.89. The minimum absolute atomic E-state index is 0.187. The number of hydrogen-bond acceptors (Lipinski definition) is 4. The Hall–Kier alpha value is -3.00. The minimum atomic E-state index is -3.83. The number of fused-ring (bicyclic) bond motifs is 1. The smallest absolute Gasteiger partial charge is 0.266 e. The molecule has 33 heavy (non-hydrogen) atoms. The first-order valence-electron chi connectivity index (χ1n) is 10.6. The van der Waals surface area contributed by atoms with Crippen molar-refractivity contribution in [1.29, 1.82) is 0 Å². The second kappa shape index (κ2) is 9.09. The van der Waals surface area contributed by atoms with Crippen molar-refractivity contribution in [1.82, 2.24) is 13.9 Å². The topological polar surface area (TPSA) is 72.3 Å². The van der Waals surface area contributed by atoms with E-state index in [1.54, 1.807) is 62.4 Å². The summed E-state index contributed by atoms with van der Waals surface area (Å²) in [7, 11) is -3.83. The van der Waals surface area contributed by atoms with Gasteiger partial charge in [-0.2, -0.15) is 4.31 Å². The van der Waals surface area contributed by atoms with E-state index in [0.29, 0.717) is 27.4 Å². The summed E-state index contributed by atoms with van der Waals surface area (Å²) >= 11 is 6.16. The van der Waals surface area contributed by atoms with E-state index in [9.17, 15) is 13.2 Å². The van der Waals surface area contributed by atoms with E-state index in [0.717, 1.165) is 5.56 Å². The predicted octanol–water partition coefficient (Wildman–Crippen LogP) is 5.12. The molecule has 0 spiro atoms. The first-order chi connectivity index (χ1) is 15.7. The molecule has 1 aromatic heterocycles. The molecule has 4 rings (SSSR count). The fourth-order valence-corrected chi connectivity index (χ4v) is 5.70. The van der Waals surface area contributed by atoms with Crippen molar-refractivity contribution in [2.75, 3.05) is 6.54 Å². The summed E-state index contributed by atoms with van der Waals surface area (Å²) in [5.74, 6) is 0.319. The zero-order chi connectivity index (χ0) is 23.8. The molecule has 4 aromatic rings. The molecule has 3 aromatic carbocycles. The summed E-state index contributed by atoms with van der Waals surface area (Å²) in [6, 6.07) is 19.9.